The lowest BCUT2D eigenvalue weighted by atomic mass is 10.1. The Morgan fingerprint density at radius 1 is 0.968 bits per heavy atom. The molecule has 0 radical (unpaired) electrons. The molecule has 3 amide bonds. The summed E-state index contributed by atoms with van der Waals surface area (Å²) in [5.74, 6) is 6.15. The molecular formula is C41H50N12O8S. The van der Waals surface area contributed by atoms with Crippen LogP contribution in [0.1, 0.15) is 85.3 Å². The number of carbonyl (C=O) groups is 4. The fourth-order valence-corrected chi connectivity index (χ4v) is 7.80. The number of carbonyl (C=O) groups excluding carboxylic acids is 4. The first kappa shape index (κ1) is 45.0. The van der Waals surface area contributed by atoms with Gasteiger partial charge in [-0.25, -0.2) is 25.8 Å². The second-order valence-corrected chi connectivity index (χ2v) is 14.9. The van der Waals surface area contributed by atoms with Gasteiger partial charge in [0.25, 0.3) is 5.91 Å². The first-order chi connectivity index (χ1) is 30.0. The molecule has 6 N–H and O–H groups in total. The third-order valence-electron chi connectivity index (χ3n) is 9.76. The maximum Gasteiger partial charge on any atom is 0.317 e. The van der Waals surface area contributed by atoms with E-state index in [-0.39, 0.29) is 17.9 Å². The molecule has 0 atom stereocenters. The number of hydrogen-bond acceptors (Lipinski definition) is 16. The number of ether oxygens (including phenoxy) is 2. The van der Waals surface area contributed by atoms with Gasteiger partial charge in [0.05, 0.1) is 47.0 Å². The highest BCUT2D eigenvalue weighted by Crippen LogP contribution is 2.31. The van der Waals surface area contributed by atoms with Crippen LogP contribution in [0.25, 0.3) is 21.4 Å². The Balaban J connectivity index is 0.000000564. The minimum absolute atomic E-state index is 0.0842. The number of nitrogens with zero attached hydrogens (tertiary/aromatic N) is 8. The van der Waals surface area contributed by atoms with Crippen molar-refractivity contribution >= 4 is 62.7 Å². The standard InChI is InChI=1S/C34H41N11O6S.C7H9NO2/c1-4-23-28(51-20(2)39-23)32(48)41-34-45(30-26(52-34)18-22(19-38-30)31(47)42-36)10-6-5-9-44-27-24(40-33(44)37-3)16-21(29(35)46)17-25(27)50-13-7-8-43-11-14-49-15-12-43;1-3-6-7(4-9)10-5(2)8-6/h5-6,16-19H,4,7-15,36H2,1-3H3,(H2,35,46)(H,37,40)(H,42,47);4H,3H2,1-2H3/b6-5+,41-34?;. The summed E-state index contributed by atoms with van der Waals surface area (Å²) >= 11 is 1.20. The van der Waals surface area contributed by atoms with E-state index in [1.165, 1.54) is 17.5 Å². The summed E-state index contributed by atoms with van der Waals surface area (Å²) in [5, 5.41) is 3.13. The van der Waals surface area contributed by atoms with Gasteiger partial charge in [-0.3, -0.25) is 34.1 Å². The maximum atomic E-state index is 13.3. The molecular weight excluding hydrogens is 821 g/mol. The van der Waals surface area contributed by atoms with Crippen molar-refractivity contribution in [1.29, 1.82) is 0 Å². The number of aldehydes is 1. The van der Waals surface area contributed by atoms with E-state index in [4.69, 9.17) is 34.9 Å². The van der Waals surface area contributed by atoms with Gasteiger partial charge in [-0.2, -0.15) is 4.99 Å². The van der Waals surface area contributed by atoms with Crippen LogP contribution < -0.4 is 31.9 Å². The van der Waals surface area contributed by atoms with Gasteiger partial charge in [0.15, 0.2) is 34.3 Å². The number of nitrogens with one attached hydrogen (secondary N) is 2. The molecule has 0 bridgehead atoms. The van der Waals surface area contributed by atoms with Crippen molar-refractivity contribution in [3.05, 3.63) is 87.2 Å². The van der Waals surface area contributed by atoms with Crippen LogP contribution in [0.15, 0.2) is 50.4 Å². The SMILES string of the molecule is CCc1nc(C)oc1C(=O)N=c1sc2cc(C(=O)NN)cnc2n1C/C=C/Cn1c(NC)nc2cc(C(N)=O)cc(OCCCN3CCOCC3)c21.CCc1nc(C)oc1C=O. The number of pyridine rings is 1. The Kier molecular flexibility index (Phi) is 15.1. The molecule has 5 aromatic heterocycles. The van der Waals surface area contributed by atoms with Crippen LogP contribution in [-0.4, -0.2) is 104 Å². The number of primary amides is 1. The minimum atomic E-state index is -0.575. The Hall–Kier alpha value is -6.55. The van der Waals surface area contributed by atoms with Crippen LogP contribution in [0.3, 0.4) is 0 Å². The van der Waals surface area contributed by atoms with Crippen LogP contribution in [0, 0.1) is 13.8 Å². The van der Waals surface area contributed by atoms with E-state index in [0.717, 1.165) is 51.4 Å². The summed E-state index contributed by atoms with van der Waals surface area (Å²) in [4.78, 5) is 72.6. The number of amides is 3. The van der Waals surface area contributed by atoms with Crippen molar-refractivity contribution in [3.63, 3.8) is 0 Å². The Labute approximate surface area is 360 Å². The highest BCUT2D eigenvalue weighted by Gasteiger charge is 2.20. The second-order valence-electron chi connectivity index (χ2n) is 13.9. The number of oxazole rings is 2. The summed E-state index contributed by atoms with van der Waals surface area (Å²) < 4.78 is 26.6. The topological polar surface area (TPSA) is 266 Å². The number of fused-ring (bicyclic) bond motifs is 2. The molecule has 1 saturated heterocycles. The monoisotopic (exact) mass is 870 g/mol. The highest BCUT2D eigenvalue weighted by molar-refractivity contribution is 7.16. The van der Waals surface area contributed by atoms with E-state index in [0.29, 0.717) is 92.5 Å². The summed E-state index contributed by atoms with van der Waals surface area (Å²) in [7, 11) is 1.77. The Morgan fingerprint density at radius 3 is 2.34 bits per heavy atom. The molecule has 6 aromatic rings. The Bertz CT molecular complexity index is 2670. The molecule has 0 saturated carbocycles. The minimum Gasteiger partial charge on any atom is -0.491 e. The number of anilines is 1. The fraction of sp³-hybridized carbons (Fsp3) is 0.390. The number of thiazole rings is 1. The van der Waals surface area contributed by atoms with E-state index in [9.17, 15) is 19.2 Å². The van der Waals surface area contributed by atoms with Gasteiger partial charge in [-0.15, -0.1) is 0 Å². The molecule has 20 nitrogen and oxygen atoms in total. The summed E-state index contributed by atoms with van der Waals surface area (Å²) in [6.07, 6.45) is 8.01. The van der Waals surface area contributed by atoms with Gasteiger partial charge in [0.2, 0.25) is 17.6 Å². The smallest absolute Gasteiger partial charge is 0.317 e. The van der Waals surface area contributed by atoms with Crippen molar-refractivity contribution in [2.75, 3.05) is 51.8 Å². The molecule has 1 aromatic carbocycles. The zero-order chi connectivity index (χ0) is 44.3. The van der Waals surface area contributed by atoms with Crippen molar-refractivity contribution in [3.8, 4) is 5.75 Å². The van der Waals surface area contributed by atoms with Gasteiger partial charge in [-0.05, 0) is 37.5 Å². The lowest BCUT2D eigenvalue weighted by molar-refractivity contribution is 0.0358. The molecule has 1 fully saturated rings. The van der Waals surface area contributed by atoms with E-state index >= 15 is 0 Å². The maximum absolute atomic E-state index is 13.3. The first-order valence-corrected chi connectivity index (χ1v) is 20.9. The van der Waals surface area contributed by atoms with Gasteiger partial charge in [0.1, 0.15) is 11.3 Å². The van der Waals surface area contributed by atoms with Crippen molar-refractivity contribution in [1.82, 2.24) is 39.4 Å². The number of imidazole rings is 1. The number of hydrogen-bond donors (Lipinski definition) is 4. The third-order valence-corrected chi connectivity index (χ3v) is 10.8. The number of hydrazine groups is 1. The number of rotatable bonds is 16. The van der Waals surface area contributed by atoms with E-state index < -0.39 is 17.7 Å². The lowest BCUT2D eigenvalue weighted by Gasteiger charge is -2.26. The third kappa shape index (κ3) is 10.5. The van der Waals surface area contributed by atoms with Gasteiger partial charge in [-0.1, -0.05) is 37.3 Å². The fourth-order valence-electron chi connectivity index (χ4n) is 6.77. The summed E-state index contributed by atoms with van der Waals surface area (Å²) in [6.45, 7) is 12.4. The first-order valence-electron chi connectivity index (χ1n) is 20.0. The molecule has 7 rings (SSSR count). The number of nitrogen functional groups attached to an aromatic ring is 1. The highest BCUT2D eigenvalue weighted by atomic mass is 32.1. The van der Waals surface area contributed by atoms with E-state index in [2.05, 4.69) is 35.6 Å². The van der Waals surface area contributed by atoms with E-state index in [1.807, 2.05) is 30.6 Å². The number of morpholine rings is 1. The molecule has 21 heteroatoms. The van der Waals surface area contributed by atoms with Crippen molar-refractivity contribution in [2.45, 2.75) is 60.0 Å². The molecule has 1 aliphatic heterocycles. The zero-order valence-corrected chi connectivity index (χ0v) is 36.0. The van der Waals surface area contributed by atoms with Gasteiger partial charge in [0, 0.05) is 65.4 Å². The van der Waals surface area contributed by atoms with Gasteiger partial charge < -0.3 is 33.9 Å². The number of nitrogens with two attached hydrogens (primary N) is 2. The molecule has 328 valence electrons. The number of allylic oxidation sites excluding steroid dienone is 2. The van der Waals surface area contributed by atoms with Crippen LogP contribution in [-0.2, 0) is 30.7 Å². The van der Waals surface area contributed by atoms with E-state index in [1.54, 1.807) is 43.7 Å². The summed E-state index contributed by atoms with van der Waals surface area (Å²) in [5.41, 5.74) is 11.4. The largest absolute Gasteiger partial charge is 0.491 e. The molecule has 6 heterocycles. The second kappa shape index (κ2) is 20.8. The number of aryl methyl sites for hydroxylation is 4. The molecule has 0 spiro atoms. The zero-order valence-electron chi connectivity index (χ0n) is 35.2. The van der Waals surface area contributed by atoms with Crippen molar-refractivity contribution in [2.24, 2.45) is 16.6 Å². The van der Waals surface area contributed by atoms with Crippen LogP contribution in [0.4, 0.5) is 5.95 Å². The van der Waals surface area contributed by atoms with Gasteiger partial charge >= 0.3 is 5.91 Å². The molecule has 0 unspecified atom stereocenters. The number of benzene rings is 1. The normalized spacial score (nSPS) is 13.4. The molecule has 1 aliphatic rings. The van der Waals surface area contributed by atoms with Crippen LogP contribution in [0.5, 0.6) is 5.75 Å². The molecule has 0 aliphatic carbocycles. The Morgan fingerprint density at radius 2 is 1.68 bits per heavy atom. The predicted molar refractivity (Wildman–Crippen MR) is 230 cm³/mol. The quantitative estimate of drug-likeness (QED) is 0.0271. The molecule has 62 heavy (non-hydrogen) atoms. The van der Waals surface area contributed by atoms with Crippen molar-refractivity contribution < 1.29 is 37.5 Å². The summed E-state index contributed by atoms with van der Waals surface area (Å²) in [6, 6.07) is 4.96. The lowest BCUT2D eigenvalue weighted by Crippen LogP contribution is -2.37. The van der Waals surface area contributed by atoms with Crippen LogP contribution >= 0.6 is 11.3 Å². The average molecular weight is 871 g/mol. The number of aromatic nitrogens is 6. The predicted octanol–water partition coefficient (Wildman–Crippen LogP) is 3.51. The average Bonchev–Trinajstić information content (AvgIpc) is 4.05. The van der Waals surface area contributed by atoms with Crippen LogP contribution in [0.2, 0.25) is 0 Å².